The Labute approximate surface area is 207 Å². The van der Waals surface area contributed by atoms with Crippen LogP contribution in [0, 0.1) is 11.6 Å². The molecule has 0 atom stereocenters. The summed E-state index contributed by atoms with van der Waals surface area (Å²) in [5.41, 5.74) is 3.91. The van der Waals surface area contributed by atoms with Gasteiger partial charge in [0.1, 0.15) is 11.6 Å². The summed E-state index contributed by atoms with van der Waals surface area (Å²) < 4.78 is 43.0. The molecule has 4 heterocycles. The van der Waals surface area contributed by atoms with E-state index in [1.54, 1.807) is 12.4 Å². The molecule has 0 unspecified atom stereocenters. The first-order chi connectivity index (χ1) is 17.7. The second kappa shape index (κ2) is 10.0. The van der Waals surface area contributed by atoms with Crippen molar-refractivity contribution >= 4 is 11.0 Å². The van der Waals surface area contributed by atoms with Crippen molar-refractivity contribution in [2.45, 2.75) is 25.4 Å². The molecule has 6 rings (SSSR count). The first kappa shape index (κ1) is 23.1. The van der Waals surface area contributed by atoms with E-state index in [0.717, 1.165) is 31.6 Å². The Balaban J connectivity index is 1.33. The third kappa shape index (κ3) is 4.61. The van der Waals surface area contributed by atoms with Gasteiger partial charge in [0.25, 0.3) is 0 Å². The number of aromatic nitrogens is 4. The molecule has 2 aliphatic heterocycles. The van der Waals surface area contributed by atoms with Gasteiger partial charge in [-0.3, -0.25) is 14.6 Å². The van der Waals surface area contributed by atoms with Gasteiger partial charge in [-0.1, -0.05) is 12.1 Å². The normalized spacial score (nSPS) is 17.6. The van der Waals surface area contributed by atoms with Crippen LogP contribution in [0.4, 0.5) is 8.78 Å². The maximum Gasteiger partial charge on any atom is 0.131 e. The van der Waals surface area contributed by atoms with E-state index in [2.05, 4.69) is 10.1 Å². The van der Waals surface area contributed by atoms with Crippen molar-refractivity contribution < 1.29 is 18.3 Å². The number of benzene rings is 2. The lowest BCUT2D eigenvalue weighted by atomic mass is 10.0. The van der Waals surface area contributed by atoms with Gasteiger partial charge in [0.05, 0.1) is 48.4 Å². The Morgan fingerprint density at radius 2 is 1.67 bits per heavy atom. The van der Waals surface area contributed by atoms with Crippen molar-refractivity contribution in [2.24, 2.45) is 0 Å². The zero-order chi connectivity index (χ0) is 24.5. The van der Waals surface area contributed by atoms with Gasteiger partial charge in [-0.2, -0.15) is 5.10 Å². The molecule has 0 spiro atoms. The number of nitrogens with zero attached hydrogens (tertiary/aromatic N) is 5. The summed E-state index contributed by atoms with van der Waals surface area (Å²) in [7, 11) is 0. The molecule has 0 N–H and O–H groups in total. The zero-order valence-electron chi connectivity index (χ0n) is 19.9. The van der Waals surface area contributed by atoms with Gasteiger partial charge < -0.3 is 9.47 Å². The van der Waals surface area contributed by atoms with Crippen LogP contribution in [0.1, 0.15) is 24.4 Å². The highest BCUT2D eigenvalue weighted by Crippen LogP contribution is 2.31. The van der Waals surface area contributed by atoms with E-state index >= 15 is 8.78 Å². The number of morpholine rings is 1. The number of hydrogen-bond acceptors (Lipinski definition) is 6. The smallest absolute Gasteiger partial charge is 0.131 e. The predicted molar refractivity (Wildman–Crippen MR) is 131 cm³/mol. The second-order valence-corrected chi connectivity index (χ2v) is 9.29. The minimum Gasteiger partial charge on any atom is -0.381 e. The molecule has 4 aromatic rings. The Morgan fingerprint density at radius 1 is 0.917 bits per heavy atom. The van der Waals surface area contributed by atoms with Crippen LogP contribution in [0.15, 0.2) is 48.9 Å². The molecule has 2 fully saturated rings. The molecule has 186 valence electrons. The Bertz CT molecular complexity index is 1360. The molecule has 9 heteroatoms. The highest BCUT2D eigenvalue weighted by Gasteiger charge is 2.20. The van der Waals surface area contributed by atoms with Crippen LogP contribution in [0.25, 0.3) is 33.4 Å². The lowest BCUT2D eigenvalue weighted by Crippen LogP contribution is -2.36. The fraction of sp³-hybridized carbons (Fsp3) is 0.370. The maximum atomic E-state index is 15.1. The second-order valence-electron chi connectivity index (χ2n) is 9.29. The van der Waals surface area contributed by atoms with E-state index in [4.69, 9.17) is 14.5 Å². The molecule has 0 bridgehead atoms. The highest BCUT2D eigenvalue weighted by molar-refractivity contribution is 5.92. The SMILES string of the molecule is Fc1cc(-c2cccc3ncc(-c4cnn(C5CCOCC5)c4)nc23)cc(F)c1CN1CCOCC1. The minimum absolute atomic E-state index is 0.0770. The van der Waals surface area contributed by atoms with Gasteiger partial charge in [-0.15, -0.1) is 0 Å². The van der Waals surface area contributed by atoms with E-state index in [-0.39, 0.29) is 12.1 Å². The van der Waals surface area contributed by atoms with E-state index in [9.17, 15) is 0 Å². The largest absolute Gasteiger partial charge is 0.381 e. The first-order valence-corrected chi connectivity index (χ1v) is 12.3. The molecule has 2 aliphatic rings. The molecule has 2 aromatic heterocycles. The van der Waals surface area contributed by atoms with Crippen molar-refractivity contribution in [1.82, 2.24) is 24.6 Å². The molecular weight excluding hydrogens is 464 g/mol. The fourth-order valence-electron chi connectivity index (χ4n) is 4.92. The van der Waals surface area contributed by atoms with Crippen LogP contribution in [-0.4, -0.2) is 64.2 Å². The zero-order valence-corrected chi connectivity index (χ0v) is 19.9. The summed E-state index contributed by atoms with van der Waals surface area (Å²) >= 11 is 0. The molecule has 7 nitrogen and oxygen atoms in total. The number of ether oxygens (including phenoxy) is 2. The van der Waals surface area contributed by atoms with E-state index in [0.29, 0.717) is 60.2 Å². The topological polar surface area (TPSA) is 65.3 Å². The summed E-state index contributed by atoms with van der Waals surface area (Å²) in [6, 6.07) is 8.59. The van der Waals surface area contributed by atoms with Crippen molar-refractivity contribution in [3.63, 3.8) is 0 Å². The van der Waals surface area contributed by atoms with Gasteiger partial charge in [0.15, 0.2) is 0 Å². The number of para-hydroxylation sites is 1. The van der Waals surface area contributed by atoms with Gasteiger partial charge in [0, 0.05) is 55.7 Å². The van der Waals surface area contributed by atoms with Crippen LogP contribution >= 0.6 is 0 Å². The van der Waals surface area contributed by atoms with E-state index < -0.39 is 11.6 Å². The number of halogens is 2. The van der Waals surface area contributed by atoms with Crippen LogP contribution in [0.2, 0.25) is 0 Å². The molecule has 0 saturated carbocycles. The van der Waals surface area contributed by atoms with Crippen LogP contribution in [0.5, 0.6) is 0 Å². The summed E-state index contributed by atoms with van der Waals surface area (Å²) in [5.74, 6) is -1.12. The summed E-state index contributed by atoms with van der Waals surface area (Å²) in [6.45, 7) is 4.16. The van der Waals surface area contributed by atoms with Crippen molar-refractivity contribution in [1.29, 1.82) is 0 Å². The van der Waals surface area contributed by atoms with Crippen LogP contribution < -0.4 is 0 Å². The number of rotatable bonds is 5. The summed E-state index contributed by atoms with van der Waals surface area (Å²) in [4.78, 5) is 11.4. The Morgan fingerprint density at radius 3 is 2.44 bits per heavy atom. The van der Waals surface area contributed by atoms with Crippen molar-refractivity contribution in [3.8, 4) is 22.4 Å². The lowest BCUT2D eigenvalue weighted by Gasteiger charge is -2.27. The average Bonchev–Trinajstić information content (AvgIpc) is 3.42. The van der Waals surface area contributed by atoms with Crippen LogP contribution in [-0.2, 0) is 16.0 Å². The quantitative estimate of drug-likeness (QED) is 0.406. The molecule has 0 amide bonds. The third-order valence-electron chi connectivity index (χ3n) is 6.97. The molecular formula is C27H27F2N5O2. The minimum atomic E-state index is -0.560. The standard InChI is InChI=1S/C27H27F2N5O2/c28-23-12-18(13-24(29)22(23)17-33-6-10-36-11-7-33)21-2-1-3-25-27(21)32-26(15-30-25)19-14-31-34(16-19)20-4-8-35-9-5-20/h1-3,12-16,20H,4-11,17H2. The Hall–Kier alpha value is -3.27. The molecule has 36 heavy (non-hydrogen) atoms. The van der Waals surface area contributed by atoms with Gasteiger partial charge in [-0.25, -0.2) is 13.8 Å². The predicted octanol–water partition coefficient (Wildman–Crippen LogP) is 4.62. The van der Waals surface area contributed by atoms with Crippen LogP contribution in [0.3, 0.4) is 0 Å². The van der Waals surface area contributed by atoms with Crippen molar-refractivity contribution in [3.05, 3.63) is 66.1 Å². The monoisotopic (exact) mass is 491 g/mol. The molecule has 0 radical (unpaired) electrons. The first-order valence-electron chi connectivity index (χ1n) is 12.3. The van der Waals surface area contributed by atoms with E-state index in [1.165, 1.54) is 12.1 Å². The molecule has 0 aliphatic carbocycles. The molecule has 2 saturated heterocycles. The van der Waals surface area contributed by atoms with E-state index in [1.807, 2.05) is 34.0 Å². The molecule has 2 aromatic carbocycles. The average molecular weight is 492 g/mol. The number of hydrogen-bond donors (Lipinski definition) is 0. The lowest BCUT2D eigenvalue weighted by molar-refractivity contribution is 0.0332. The highest BCUT2D eigenvalue weighted by atomic mass is 19.1. The number of fused-ring (bicyclic) bond motifs is 1. The van der Waals surface area contributed by atoms with Gasteiger partial charge >= 0.3 is 0 Å². The summed E-state index contributed by atoms with van der Waals surface area (Å²) in [6.07, 6.45) is 7.33. The van der Waals surface area contributed by atoms with Crippen molar-refractivity contribution in [2.75, 3.05) is 39.5 Å². The Kier molecular flexibility index (Phi) is 6.43. The maximum absolute atomic E-state index is 15.1. The fourth-order valence-corrected chi connectivity index (χ4v) is 4.92. The van der Waals surface area contributed by atoms with Gasteiger partial charge in [0.2, 0.25) is 0 Å². The third-order valence-corrected chi connectivity index (χ3v) is 6.97. The van der Waals surface area contributed by atoms with Gasteiger partial charge in [-0.05, 0) is 36.6 Å². The summed E-state index contributed by atoms with van der Waals surface area (Å²) in [5, 5.41) is 4.54.